The number of amides is 2. The van der Waals surface area contributed by atoms with Gasteiger partial charge < -0.3 is 15.5 Å². The van der Waals surface area contributed by atoms with E-state index in [4.69, 9.17) is 0 Å². The summed E-state index contributed by atoms with van der Waals surface area (Å²) in [7, 11) is 2.07. The molecule has 0 spiro atoms. The number of nitrogens with zero attached hydrogens (tertiary/aromatic N) is 2. The number of rotatable bonds is 6. The summed E-state index contributed by atoms with van der Waals surface area (Å²) >= 11 is 0. The second-order valence-corrected chi connectivity index (χ2v) is 7.72. The number of halogens is 1. The van der Waals surface area contributed by atoms with Crippen LogP contribution in [-0.4, -0.2) is 61.4 Å². The molecule has 0 unspecified atom stereocenters. The highest BCUT2D eigenvalue weighted by Crippen LogP contribution is 2.22. The van der Waals surface area contributed by atoms with Crippen LogP contribution in [-0.2, 0) is 9.59 Å². The van der Waals surface area contributed by atoms with E-state index in [0.717, 1.165) is 37.3 Å². The number of piperazine rings is 1. The van der Waals surface area contributed by atoms with Crippen molar-refractivity contribution in [3.05, 3.63) is 71.5 Å². The average Bonchev–Trinajstić information content (AvgIpc) is 2.76. The number of carbonyl (C=O) groups is 2. The summed E-state index contributed by atoms with van der Waals surface area (Å²) in [4.78, 5) is 29.3. The molecule has 0 bridgehead atoms. The third kappa shape index (κ3) is 5.87. The Hall–Kier alpha value is -2.77. The highest BCUT2D eigenvalue weighted by molar-refractivity contribution is 6.35. The van der Waals surface area contributed by atoms with Gasteiger partial charge in [-0.1, -0.05) is 42.5 Å². The SMILES string of the molecule is C[C@H](NC(=O)C(=O)NC[C@@H](c1ccc(F)cc1)N1CCN(C)CC1)c1ccccc1. The Kier molecular flexibility index (Phi) is 7.54. The topological polar surface area (TPSA) is 64.7 Å². The van der Waals surface area contributed by atoms with Crippen LogP contribution in [0.4, 0.5) is 4.39 Å². The molecule has 1 fully saturated rings. The van der Waals surface area contributed by atoms with Gasteiger partial charge >= 0.3 is 11.8 Å². The third-order valence-corrected chi connectivity index (χ3v) is 5.54. The smallest absolute Gasteiger partial charge is 0.309 e. The molecular weight excluding hydrogens is 383 g/mol. The van der Waals surface area contributed by atoms with E-state index in [1.54, 1.807) is 12.1 Å². The Morgan fingerprint density at radius 1 is 0.933 bits per heavy atom. The summed E-state index contributed by atoms with van der Waals surface area (Å²) in [5.41, 5.74) is 1.85. The minimum atomic E-state index is -0.668. The number of hydrogen-bond donors (Lipinski definition) is 2. The maximum absolute atomic E-state index is 13.4. The number of nitrogens with one attached hydrogen (secondary N) is 2. The lowest BCUT2D eigenvalue weighted by atomic mass is 10.0. The highest BCUT2D eigenvalue weighted by atomic mass is 19.1. The Balaban J connectivity index is 1.62. The van der Waals surface area contributed by atoms with Gasteiger partial charge in [0.15, 0.2) is 0 Å². The van der Waals surface area contributed by atoms with E-state index in [0.29, 0.717) is 0 Å². The monoisotopic (exact) mass is 412 g/mol. The lowest BCUT2D eigenvalue weighted by Crippen LogP contribution is -2.49. The normalized spacial score (nSPS) is 17.2. The first-order valence-electron chi connectivity index (χ1n) is 10.3. The fraction of sp³-hybridized carbons (Fsp3) is 0.391. The highest BCUT2D eigenvalue weighted by Gasteiger charge is 2.26. The average molecular weight is 413 g/mol. The molecule has 2 aromatic carbocycles. The standard InChI is InChI=1S/C23H29FN4O2/c1-17(18-6-4-3-5-7-18)26-23(30)22(29)25-16-21(19-8-10-20(24)11-9-19)28-14-12-27(2)13-15-28/h3-11,17,21H,12-16H2,1-2H3,(H,25,29)(H,26,30)/t17-,21-/m0/s1. The molecule has 2 atom stereocenters. The predicted octanol–water partition coefficient (Wildman–Crippen LogP) is 2.11. The quantitative estimate of drug-likeness (QED) is 0.714. The van der Waals surface area contributed by atoms with Crippen LogP contribution < -0.4 is 10.6 Å². The van der Waals surface area contributed by atoms with Gasteiger partial charge in [0, 0.05) is 32.7 Å². The molecule has 6 nitrogen and oxygen atoms in total. The molecule has 3 rings (SSSR count). The molecule has 2 amide bonds. The van der Waals surface area contributed by atoms with Crippen LogP contribution in [0.15, 0.2) is 54.6 Å². The van der Waals surface area contributed by atoms with Gasteiger partial charge in [-0.05, 0) is 37.2 Å². The summed E-state index contributed by atoms with van der Waals surface area (Å²) < 4.78 is 13.4. The van der Waals surface area contributed by atoms with Crippen molar-refractivity contribution in [1.82, 2.24) is 20.4 Å². The second-order valence-electron chi connectivity index (χ2n) is 7.72. The Morgan fingerprint density at radius 3 is 2.20 bits per heavy atom. The molecule has 0 saturated carbocycles. The number of likely N-dealkylation sites (N-methyl/N-ethyl adjacent to an activating group) is 1. The first-order chi connectivity index (χ1) is 14.4. The maximum Gasteiger partial charge on any atom is 0.309 e. The van der Waals surface area contributed by atoms with E-state index >= 15 is 0 Å². The van der Waals surface area contributed by atoms with Crippen LogP contribution >= 0.6 is 0 Å². The first-order valence-corrected chi connectivity index (χ1v) is 10.3. The lowest BCUT2D eigenvalue weighted by Gasteiger charge is -2.38. The molecule has 2 aromatic rings. The van der Waals surface area contributed by atoms with Crippen LogP contribution in [0.5, 0.6) is 0 Å². The molecular formula is C23H29FN4O2. The van der Waals surface area contributed by atoms with E-state index in [9.17, 15) is 14.0 Å². The van der Waals surface area contributed by atoms with Crippen LogP contribution in [0.2, 0.25) is 0 Å². The summed E-state index contributed by atoms with van der Waals surface area (Å²) in [6.45, 7) is 5.63. The molecule has 0 aliphatic carbocycles. The zero-order valence-electron chi connectivity index (χ0n) is 17.5. The van der Waals surface area contributed by atoms with Crippen molar-refractivity contribution in [3.63, 3.8) is 0 Å². The summed E-state index contributed by atoms with van der Waals surface area (Å²) in [6, 6.07) is 15.4. The van der Waals surface area contributed by atoms with E-state index in [-0.39, 0.29) is 24.4 Å². The zero-order valence-corrected chi connectivity index (χ0v) is 17.5. The molecule has 160 valence electrons. The molecule has 1 saturated heterocycles. The minimum absolute atomic E-state index is 0.123. The van der Waals surface area contributed by atoms with Crippen molar-refractivity contribution in [3.8, 4) is 0 Å². The van der Waals surface area contributed by atoms with Gasteiger partial charge in [0.1, 0.15) is 5.82 Å². The van der Waals surface area contributed by atoms with E-state index in [2.05, 4.69) is 27.5 Å². The largest absolute Gasteiger partial charge is 0.346 e. The first kappa shape index (κ1) is 21.9. The van der Waals surface area contributed by atoms with E-state index in [1.807, 2.05) is 37.3 Å². The van der Waals surface area contributed by atoms with Crippen molar-refractivity contribution in [2.75, 3.05) is 39.8 Å². The molecule has 0 aromatic heterocycles. The van der Waals surface area contributed by atoms with Gasteiger partial charge in [0.2, 0.25) is 0 Å². The van der Waals surface area contributed by atoms with Gasteiger partial charge in [-0.2, -0.15) is 0 Å². The molecule has 2 N–H and O–H groups in total. The molecule has 30 heavy (non-hydrogen) atoms. The molecule has 0 radical (unpaired) electrons. The van der Waals surface area contributed by atoms with E-state index in [1.165, 1.54) is 12.1 Å². The lowest BCUT2D eigenvalue weighted by molar-refractivity contribution is -0.139. The summed E-state index contributed by atoms with van der Waals surface area (Å²) in [5.74, 6) is -1.63. The van der Waals surface area contributed by atoms with Crippen molar-refractivity contribution in [2.24, 2.45) is 0 Å². The maximum atomic E-state index is 13.4. The fourth-order valence-corrected chi connectivity index (χ4v) is 3.63. The van der Waals surface area contributed by atoms with Gasteiger partial charge in [-0.3, -0.25) is 14.5 Å². The summed E-state index contributed by atoms with van der Waals surface area (Å²) in [5, 5.41) is 5.49. The summed E-state index contributed by atoms with van der Waals surface area (Å²) in [6.07, 6.45) is 0. The molecule has 1 aliphatic rings. The number of benzene rings is 2. The minimum Gasteiger partial charge on any atom is -0.346 e. The van der Waals surface area contributed by atoms with Crippen molar-refractivity contribution >= 4 is 11.8 Å². The van der Waals surface area contributed by atoms with Crippen LogP contribution in [0.25, 0.3) is 0 Å². The van der Waals surface area contributed by atoms with Crippen LogP contribution in [0.3, 0.4) is 0 Å². The molecule has 1 aliphatic heterocycles. The Labute approximate surface area is 177 Å². The van der Waals surface area contributed by atoms with Crippen LogP contribution in [0.1, 0.15) is 30.1 Å². The van der Waals surface area contributed by atoms with Crippen molar-refractivity contribution < 1.29 is 14.0 Å². The second kappa shape index (κ2) is 10.3. The van der Waals surface area contributed by atoms with Gasteiger partial charge in [-0.25, -0.2) is 4.39 Å². The van der Waals surface area contributed by atoms with Gasteiger partial charge in [0.05, 0.1) is 12.1 Å². The van der Waals surface area contributed by atoms with E-state index < -0.39 is 11.8 Å². The number of carbonyl (C=O) groups excluding carboxylic acids is 2. The van der Waals surface area contributed by atoms with Gasteiger partial charge in [-0.15, -0.1) is 0 Å². The van der Waals surface area contributed by atoms with Crippen molar-refractivity contribution in [2.45, 2.75) is 19.0 Å². The molecule has 1 heterocycles. The van der Waals surface area contributed by atoms with Gasteiger partial charge in [0.25, 0.3) is 0 Å². The van der Waals surface area contributed by atoms with Crippen molar-refractivity contribution in [1.29, 1.82) is 0 Å². The predicted molar refractivity (Wildman–Crippen MR) is 114 cm³/mol. The Bertz CT molecular complexity index is 836. The Morgan fingerprint density at radius 2 is 1.57 bits per heavy atom. The number of hydrogen-bond acceptors (Lipinski definition) is 4. The fourth-order valence-electron chi connectivity index (χ4n) is 3.63. The van der Waals surface area contributed by atoms with Crippen LogP contribution in [0, 0.1) is 5.82 Å². The zero-order chi connectivity index (χ0) is 21.5. The third-order valence-electron chi connectivity index (χ3n) is 5.54. The molecule has 7 heteroatoms.